The molecule has 1 saturated carbocycles. The quantitative estimate of drug-likeness (QED) is 0.737. The van der Waals surface area contributed by atoms with Crippen LogP contribution in [0.4, 0.5) is 11.8 Å². The van der Waals surface area contributed by atoms with E-state index < -0.39 is 0 Å². The van der Waals surface area contributed by atoms with Crippen LogP contribution >= 0.6 is 0 Å². The van der Waals surface area contributed by atoms with E-state index in [0.29, 0.717) is 28.8 Å². The fraction of sp³-hybridized carbons (Fsp3) is 0.583. The molecule has 0 unspecified atom stereocenters. The minimum absolute atomic E-state index is 0.164. The van der Waals surface area contributed by atoms with Gasteiger partial charge in [0, 0.05) is 13.2 Å². The maximum atomic E-state index is 9.38. The van der Waals surface area contributed by atoms with E-state index in [1.807, 2.05) is 4.57 Å². The normalized spacial score (nSPS) is 23.2. The molecule has 102 valence electrons. The lowest BCUT2D eigenvalue weighted by Gasteiger charge is -2.17. The lowest BCUT2D eigenvalue weighted by Crippen LogP contribution is -2.18. The Labute approximate surface area is 110 Å². The average Bonchev–Trinajstić information content (AvgIpc) is 2.97. The Bertz CT molecular complexity index is 595. The van der Waals surface area contributed by atoms with Crippen LogP contribution in [0.3, 0.4) is 0 Å². The van der Waals surface area contributed by atoms with Gasteiger partial charge in [0.2, 0.25) is 5.95 Å². The molecule has 19 heavy (non-hydrogen) atoms. The van der Waals surface area contributed by atoms with Crippen LogP contribution in [0.5, 0.6) is 0 Å². The molecule has 1 aliphatic carbocycles. The zero-order chi connectivity index (χ0) is 13.4. The third-order valence-corrected chi connectivity index (χ3v) is 3.99. The van der Waals surface area contributed by atoms with Crippen molar-refractivity contribution in [3.63, 3.8) is 0 Å². The van der Waals surface area contributed by atoms with Crippen molar-refractivity contribution in [2.75, 3.05) is 18.1 Å². The minimum Gasteiger partial charge on any atom is -0.396 e. The molecule has 0 aliphatic heterocycles. The fourth-order valence-electron chi connectivity index (χ4n) is 2.96. The summed E-state index contributed by atoms with van der Waals surface area (Å²) in [4.78, 5) is 12.4. The number of nitrogens with two attached hydrogens (primary N) is 2. The number of hydrogen-bond donors (Lipinski definition) is 3. The molecular weight excluding hydrogens is 244 g/mol. The molecule has 7 nitrogen and oxygen atoms in total. The Morgan fingerprint density at radius 1 is 1.26 bits per heavy atom. The number of nitrogens with zero attached hydrogens (tertiary/aromatic N) is 4. The molecule has 7 heteroatoms. The van der Waals surface area contributed by atoms with Crippen molar-refractivity contribution in [3.05, 3.63) is 6.33 Å². The van der Waals surface area contributed by atoms with Crippen LogP contribution in [0.15, 0.2) is 6.33 Å². The summed E-state index contributed by atoms with van der Waals surface area (Å²) in [7, 11) is 0. The lowest BCUT2D eigenvalue weighted by molar-refractivity contribution is 0.185. The zero-order valence-corrected chi connectivity index (χ0v) is 10.7. The number of nitrogen functional groups attached to an aromatic ring is 2. The summed E-state index contributed by atoms with van der Waals surface area (Å²) < 4.78 is 1.96. The third kappa shape index (κ3) is 2.10. The van der Waals surface area contributed by atoms with Crippen molar-refractivity contribution in [3.8, 4) is 0 Å². The van der Waals surface area contributed by atoms with Crippen LogP contribution in [0.1, 0.15) is 19.3 Å². The van der Waals surface area contributed by atoms with Crippen LogP contribution in [0.25, 0.3) is 11.2 Å². The van der Waals surface area contributed by atoms with Crippen molar-refractivity contribution in [2.45, 2.75) is 25.8 Å². The molecule has 0 spiro atoms. The van der Waals surface area contributed by atoms with Gasteiger partial charge in [-0.25, -0.2) is 4.98 Å². The fourth-order valence-corrected chi connectivity index (χ4v) is 2.96. The largest absolute Gasteiger partial charge is 0.396 e. The molecule has 1 fully saturated rings. The van der Waals surface area contributed by atoms with Gasteiger partial charge in [-0.05, 0) is 24.7 Å². The topological polar surface area (TPSA) is 116 Å². The highest BCUT2D eigenvalue weighted by atomic mass is 16.3. The molecule has 0 bridgehead atoms. The molecule has 2 aromatic heterocycles. The second-order valence-corrected chi connectivity index (χ2v) is 5.17. The van der Waals surface area contributed by atoms with Crippen molar-refractivity contribution in [2.24, 2.45) is 11.8 Å². The van der Waals surface area contributed by atoms with E-state index >= 15 is 0 Å². The first-order chi connectivity index (χ1) is 9.19. The number of imidazole rings is 1. The van der Waals surface area contributed by atoms with E-state index in [4.69, 9.17) is 11.5 Å². The van der Waals surface area contributed by atoms with Gasteiger partial charge in [-0.1, -0.05) is 6.42 Å². The average molecular weight is 262 g/mol. The number of anilines is 2. The van der Waals surface area contributed by atoms with Crippen LogP contribution < -0.4 is 11.5 Å². The van der Waals surface area contributed by atoms with Gasteiger partial charge in [-0.15, -0.1) is 0 Å². The second kappa shape index (κ2) is 4.65. The standard InChI is InChI=1S/C12H18N6O/c13-10-9-11(17-12(14)16-10)18(6-15-9)4-7-2-1-3-8(7)5-19/h6-8,19H,1-5H2,(H4,13,14,16,17)/t7-,8+/m0/s1. The van der Waals surface area contributed by atoms with Gasteiger partial charge >= 0.3 is 0 Å². The summed E-state index contributed by atoms with van der Waals surface area (Å²) in [5.74, 6) is 1.30. The number of aliphatic hydroxyl groups is 1. The molecular formula is C12H18N6O. The van der Waals surface area contributed by atoms with Gasteiger partial charge in [0.1, 0.15) is 5.52 Å². The molecule has 0 amide bonds. The number of rotatable bonds is 3. The Morgan fingerprint density at radius 3 is 2.84 bits per heavy atom. The van der Waals surface area contributed by atoms with E-state index in [9.17, 15) is 5.11 Å². The Balaban J connectivity index is 1.93. The highest BCUT2D eigenvalue weighted by molar-refractivity contribution is 5.82. The number of aromatic nitrogens is 4. The summed E-state index contributed by atoms with van der Waals surface area (Å²) >= 11 is 0. The predicted molar refractivity (Wildman–Crippen MR) is 72.1 cm³/mol. The van der Waals surface area contributed by atoms with Gasteiger partial charge in [0.25, 0.3) is 0 Å². The summed E-state index contributed by atoms with van der Waals surface area (Å²) in [5.41, 5.74) is 12.7. The second-order valence-electron chi connectivity index (χ2n) is 5.17. The van der Waals surface area contributed by atoms with Crippen LogP contribution in [-0.2, 0) is 6.54 Å². The Hall–Kier alpha value is -1.89. The van der Waals surface area contributed by atoms with E-state index in [-0.39, 0.29) is 12.6 Å². The van der Waals surface area contributed by atoms with Crippen molar-refractivity contribution in [1.29, 1.82) is 0 Å². The van der Waals surface area contributed by atoms with E-state index in [0.717, 1.165) is 19.4 Å². The summed E-state index contributed by atoms with van der Waals surface area (Å²) in [6.07, 6.45) is 5.11. The first kappa shape index (κ1) is 12.2. The Morgan fingerprint density at radius 2 is 2.05 bits per heavy atom. The van der Waals surface area contributed by atoms with Crippen molar-refractivity contribution in [1.82, 2.24) is 19.5 Å². The Kier molecular flexibility index (Phi) is 2.98. The van der Waals surface area contributed by atoms with Gasteiger partial charge in [-0.2, -0.15) is 9.97 Å². The maximum Gasteiger partial charge on any atom is 0.224 e. The van der Waals surface area contributed by atoms with E-state index in [1.165, 1.54) is 6.42 Å². The first-order valence-electron chi connectivity index (χ1n) is 6.53. The highest BCUT2D eigenvalue weighted by Gasteiger charge is 2.27. The van der Waals surface area contributed by atoms with Crippen LogP contribution in [0, 0.1) is 11.8 Å². The molecule has 3 rings (SSSR count). The van der Waals surface area contributed by atoms with Crippen molar-refractivity contribution < 1.29 is 5.11 Å². The molecule has 1 aliphatic rings. The SMILES string of the molecule is Nc1nc(N)c2ncn(C[C@@H]3CCC[C@@H]3CO)c2n1. The zero-order valence-electron chi connectivity index (χ0n) is 10.7. The van der Waals surface area contributed by atoms with Gasteiger partial charge in [0.15, 0.2) is 11.5 Å². The van der Waals surface area contributed by atoms with E-state index in [2.05, 4.69) is 15.0 Å². The molecule has 0 saturated heterocycles. The molecule has 0 radical (unpaired) electrons. The highest BCUT2D eigenvalue weighted by Crippen LogP contribution is 2.33. The summed E-state index contributed by atoms with van der Waals surface area (Å²) in [6, 6.07) is 0. The molecule has 0 aromatic carbocycles. The number of fused-ring (bicyclic) bond motifs is 1. The van der Waals surface area contributed by atoms with Gasteiger partial charge in [-0.3, -0.25) is 0 Å². The predicted octanol–water partition coefficient (Wildman–Crippen LogP) is 0.399. The summed E-state index contributed by atoms with van der Waals surface area (Å²) in [5, 5.41) is 9.38. The minimum atomic E-state index is 0.164. The van der Waals surface area contributed by atoms with Gasteiger partial charge < -0.3 is 21.1 Å². The lowest BCUT2D eigenvalue weighted by atomic mass is 9.97. The third-order valence-electron chi connectivity index (χ3n) is 3.99. The molecule has 5 N–H and O–H groups in total. The van der Waals surface area contributed by atoms with E-state index in [1.54, 1.807) is 6.33 Å². The molecule has 2 aromatic rings. The van der Waals surface area contributed by atoms with Crippen molar-refractivity contribution >= 4 is 22.9 Å². The summed E-state index contributed by atoms with van der Waals surface area (Å²) in [6.45, 7) is 1.04. The maximum absolute atomic E-state index is 9.38. The first-order valence-corrected chi connectivity index (χ1v) is 6.53. The molecule has 2 atom stereocenters. The number of aliphatic hydroxyl groups excluding tert-OH is 1. The monoisotopic (exact) mass is 262 g/mol. The van der Waals surface area contributed by atoms with Gasteiger partial charge in [0.05, 0.1) is 6.33 Å². The molecule has 2 heterocycles. The van der Waals surface area contributed by atoms with Crippen LogP contribution in [0.2, 0.25) is 0 Å². The smallest absolute Gasteiger partial charge is 0.224 e. The number of hydrogen-bond acceptors (Lipinski definition) is 6. The van der Waals surface area contributed by atoms with Crippen LogP contribution in [-0.4, -0.2) is 31.2 Å².